The van der Waals surface area contributed by atoms with Crippen LogP contribution < -0.4 is 11.1 Å². The number of nitrogens with two attached hydrogens (primary N) is 1. The van der Waals surface area contributed by atoms with Crippen molar-refractivity contribution in [3.8, 4) is 0 Å². The van der Waals surface area contributed by atoms with Crippen molar-refractivity contribution in [2.24, 2.45) is 0 Å². The monoisotopic (exact) mass is 282 g/mol. The molecule has 0 bridgehead atoms. The molecule has 2 rings (SSSR count). The van der Waals surface area contributed by atoms with Gasteiger partial charge in [-0.05, 0) is 33.1 Å². The van der Waals surface area contributed by atoms with Crippen LogP contribution >= 0.6 is 0 Å². The molecule has 1 amide bonds. The highest BCUT2D eigenvalue weighted by Crippen LogP contribution is 2.36. The summed E-state index contributed by atoms with van der Waals surface area (Å²) in [6.45, 7) is 3.72. The quantitative estimate of drug-likeness (QED) is 0.884. The Bertz CT molecular complexity index is 495. The molecule has 1 unspecified atom stereocenters. The number of halogens is 1. The fourth-order valence-corrected chi connectivity index (χ4v) is 2.40. The average Bonchev–Trinajstić information content (AvgIpc) is 2.79. The topological polar surface area (TPSA) is 90.1 Å². The van der Waals surface area contributed by atoms with E-state index in [0.717, 1.165) is 6.20 Å². The molecule has 1 saturated carbocycles. The standard InChI is InChI=1S/C13H19FN4O2/c1-7(2)17-13(19)20-9-4-3-8(5-9)11-10(14)6-16-12(15)18-11/h6-9H,3-5H2,1-2H3,(H,17,19)(H2,15,16,18)/t8-,9?/m1/s1. The molecule has 0 saturated heterocycles. The van der Waals surface area contributed by atoms with Gasteiger partial charge in [0.2, 0.25) is 5.95 Å². The van der Waals surface area contributed by atoms with Crippen LogP contribution in [0.2, 0.25) is 0 Å². The molecule has 0 aliphatic heterocycles. The fraction of sp³-hybridized carbons (Fsp3) is 0.615. The second-order valence-corrected chi connectivity index (χ2v) is 5.30. The van der Waals surface area contributed by atoms with E-state index in [4.69, 9.17) is 10.5 Å². The number of ether oxygens (including phenoxy) is 1. The van der Waals surface area contributed by atoms with Crippen molar-refractivity contribution in [1.29, 1.82) is 0 Å². The fourth-order valence-electron chi connectivity index (χ4n) is 2.40. The number of aromatic nitrogens is 2. The van der Waals surface area contributed by atoms with Crippen LogP contribution in [0.15, 0.2) is 6.20 Å². The van der Waals surface area contributed by atoms with Crippen molar-refractivity contribution in [3.63, 3.8) is 0 Å². The predicted molar refractivity (Wildman–Crippen MR) is 71.5 cm³/mol. The molecule has 3 N–H and O–H groups in total. The summed E-state index contributed by atoms with van der Waals surface area (Å²) < 4.78 is 19.0. The highest BCUT2D eigenvalue weighted by molar-refractivity contribution is 5.67. The van der Waals surface area contributed by atoms with Crippen LogP contribution in [0.25, 0.3) is 0 Å². The number of rotatable bonds is 3. The van der Waals surface area contributed by atoms with E-state index in [2.05, 4.69) is 15.3 Å². The second-order valence-electron chi connectivity index (χ2n) is 5.30. The van der Waals surface area contributed by atoms with Gasteiger partial charge >= 0.3 is 6.09 Å². The van der Waals surface area contributed by atoms with E-state index in [0.29, 0.717) is 25.0 Å². The Labute approximate surface area is 116 Å². The number of nitrogens with zero attached hydrogens (tertiary/aromatic N) is 2. The minimum absolute atomic E-state index is 0.0267. The number of nitrogen functional groups attached to an aromatic ring is 1. The van der Waals surface area contributed by atoms with E-state index in [1.54, 1.807) is 0 Å². The molecule has 7 heteroatoms. The SMILES string of the molecule is CC(C)NC(=O)OC1CC[C@@H](c2nc(N)ncc2F)C1. The summed E-state index contributed by atoms with van der Waals surface area (Å²) in [5.41, 5.74) is 5.79. The third-order valence-corrected chi connectivity index (χ3v) is 3.24. The summed E-state index contributed by atoms with van der Waals surface area (Å²) in [6, 6.07) is 0.0267. The molecule has 1 fully saturated rings. The number of anilines is 1. The molecular formula is C13H19FN4O2. The maximum atomic E-state index is 13.7. The molecule has 0 radical (unpaired) electrons. The molecule has 1 aliphatic rings. The molecule has 2 atom stereocenters. The number of carbonyl (C=O) groups excluding carboxylic acids is 1. The van der Waals surface area contributed by atoms with Gasteiger partial charge in [0.1, 0.15) is 6.10 Å². The lowest BCUT2D eigenvalue weighted by atomic mass is 10.0. The molecule has 0 spiro atoms. The van der Waals surface area contributed by atoms with E-state index in [9.17, 15) is 9.18 Å². The highest BCUT2D eigenvalue weighted by atomic mass is 19.1. The predicted octanol–water partition coefficient (Wildman–Crippen LogP) is 1.97. The largest absolute Gasteiger partial charge is 0.446 e. The Balaban J connectivity index is 1.95. The van der Waals surface area contributed by atoms with Gasteiger partial charge in [-0.15, -0.1) is 0 Å². The van der Waals surface area contributed by atoms with Crippen LogP contribution in [0.5, 0.6) is 0 Å². The van der Waals surface area contributed by atoms with Crippen LogP contribution in [0.3, 0.4) is 0 Å². The van der Waals surface area contributed by atoms with E-state index in [1.807, 2.05) is 13.8 Å². The van der Waals surface area contributed by atoms with E-state index in [-0.39, 0.29) is 24.0 Å². The summed E-state index contributed by atoms with van der Waals surface area (Å²) in [5, 5.41) is 2.66. The number of alkyl carbamates (subject to hydrolysis) is 1. The second kappa shape index (κ2) is 6.02. The summed E-state index contributed by atoms with van der Waals surface area (Å²) in [6.07, 6.45) is 2.39. The van der Waals surface area contributed by atoms with Crippen molar-refractivity contribution in [2.75, 3.05) is 5.73 Å². The minimum Gasteiger partial charge on any atom is -0.446 e. The summed E-state index contributed by atoms with van der Waals surface area (Å²) in [7, 11) is 0. The van der Waals surface area contributed by atoms with Crippen molar-refractivity contribution in [3.05, 3.63) is 17.7 Å². The number of carbonyl (C=O) groups is 1. The first-order chi connectivity index (χ1) is 9.45. The smallest absolute Gasteiger partial charge is 0.407 e. The first kappa shape index (κ1) is 14.5. The van der Waals surface area contributed by atoms with Crippen LogP contribution in [0.1, 0.15) is 44.7 Å². The molecule has 110 valence electrons. The van der Waals surface area contributed by atoms with Gasteiger partial charge in [0.15, 0.2) is 5.82 Å². The Morgan fingerprint density at radius 1 is 1.55 bits per heavy atom. The number of nitrogens with one attached hydrogen (secondary N) is 1. The van der Waals surface area contributed by atoms with Crippen LogP contribution in [0.4, 0.5) is 15.1 Å². The molecule has 20 heavy (non-hydrogen) atoms. The maximum Gasteiger partial charge on any atom is 0.407 e. The zero-order chi connectivity index (χ0) is 14.7. The lowest BCUT2D eigenvalue weighted by molar-refractivity contribution is 0.0981. The molecule has 0 aromatic carbocycles. The molecule has 1 aliphatic carbocycles. The van der Waals surface area contributed by atoms with E-state index < -0.39 is 11.9 Å². The van der Waals surface area contributed by atoms with Gasteiger partial charge in [0.25, 0.3) is 0 Å². The third kappa shape index (κ3) is 3.55. The Kier molecular flexibility index (Phi) is 4.36. The zero-order valence-corrected chi connectivity index (χ0v) is 11.6. The molecule has 1 heterocycles. The van der Waals surface area contributed by atoms with Gasteiger partial charge in [-0.3, -0.25) is 0 Å². The molecule has 6 nitrogen and oxygen atoms in total. The molecular weight excluding hydrogens is 263 g/mol. The van der Waals surface area contributed by atoms with Crippen LogP contribution in [-0.2, 0) is 4.74 Å². The Morgan fingerprint density at radius 3 is 3.00 bits per heavy atom. The Morgan fingerprint density at radius 2 is 2.30 bits per heavy atom. The first-order valence-electron chi connectivity index (χ1n) is 6.70. The van der Waals surface area contributed by atoms with Gasteiger partial charge in [-0.1, -0.05) is 0 Å². The lowest BCUT2D eigenvalue weighted by Crippen LogP contribution is -2.33. The number of amides is 1. The molecule has 1 aromatic rings. The van der Waals surface area contributed by atoms with Gasteiger partial charge < -0.3 is 15.8 Å². The Hall–Kier alpha value is -1.92. The van der Waals surface area contributed by atoms with Crippen molar-refractivity contribution < 1.29 is 13.9 Å². The lowest BCUT2D eigenvalue weighted by Gasteiger charge is -2.15. The molecule has 1 aromatic heterocycles. The maximum absolute atomic E-state index is 13.7. The average molecular weight is 282 g/mol. The van der Waals surface area contributed by atoms with Gasteiger partial charge in [0, 0.05) is 12.0 Å². The number of hydrogen-bond acceptors (Lipinski definition) is 5. The minimum atomic E-state index is -0.462. The zero-order valence-electron chi connectivity index (χ0n) is 11.6. The summed E-state index contributed by atoms with van der Waals surface area (Å²) in [4.78, 5) is 19.1. The van der Waals surface area contributed by atoms with Crippen LogP contribution in [-0.4, -0.2) is 28.2 Å². The first-order valence-corrected chi connectivity index (χ1v) is 6.70. The van der Waals surface area contributed by atoms with Crippen molar-refractivity contribution >= 4 is 12.0 Å². The van der Waals surface area contributed by atoms with E-state index >= 15 is 0 Å². The van der Waals surface area contributed by atoms with Gasteiger partial charge in [-0.25, -0.2) is 19.2 Å². The van der Waals surface area contributed by atoms with Gasteiger partial charge in [-0.2, -0.15) is 0 Å². The highest BCUT2D eigenvalue weighted by Gasteiger charge is 2.31. The van der Waals surface area contributed by atoms with E-state index in [1.165, 1.54) is 0 Å². The normalized spacial score (nSPS) is 22.0. The van der Waals surface area contributed by atoms with Crippen molar-refractivity contribution in [2.45, 2.75) is 51.2 Å². The third-order valence-electron chi connectivity index (χ3n) is 3.24. The van der Waals surface area contributed by atoms with Gasteiger partial charge in [0.05, 0.1) is 11.9 Å². The summed E-state index contributed by atoms with van der Waals surface area (Å²) >= 11 is 0. The number of hydrogen-bond donors (Lipinski definition) is 2. The van der Waals surface area contributed by atoms with Crippen molar-refractivity contribution in [1.82, 2.24) is 15.3 Å². The van der Waals surface area contributed by atoms with Crippen LogP contribution in [0, 0.1) is 5.82 Å². The summed E-state index contributed by atoms with van der Waals surface area (Å²) in [5.74, 6) is -0.489.